The van der Waals surface area contributed by atoms with Gasteiger partial charge in [0.25, 0.3) is 40.5 Å². The molecular formula is C55H70N2O16S5. The van der Waals surface area contributed by atoms with Crippen molar-refractivity contribution >= 4 is 85.7 Å². The maximum Gasteiger partial charge on any atom is 0.305 e. The minimum Gasteiger partial charge on any atom is -0.466 e. The van der Waals surface area contributed by atoms with Gasteiger partial charge in [0, 0.05) is 70.5 Å². The summed E-state index contributed by atoms with van der Waals surface area (Å²) in [6, 6.07) is 8.80. The van der Waals surface area contributed by atoms with Crippen molar-refractivity contribution in [2.24, 2.45) is 11.3 Å². The van der Waals surface area contributed by atoms with Crippen LogP contribution in [0.4, 0.5) is 0 Å². The molecule has 0 amide bonds. The Morgan fingerprint density at radius 3 is 2.26 bits per heavy atom. The van der Waals surface area contributed by atoms with Crippen LogP contribution in [0.1, 0.15) is 120 Å². The Hall–Kier alpha value is -5.37. The lowest BCUT2D eigenvalue weighted by atomic mass is 9.68. The molecule has 2 aliphatic rings. The molecule has 18 nitrogen and oxygen atoms in total. The van der Waals surface area contributed by atoms with Gasteiger partial charge in [-0.15, -0.1) is 11.3 Å². The van der Waals surface area contributed by atoms with Crippen LogP contribution < -0.4 is 10.6 Å². The maximum absolute atomic E-state index is 12.9. The number of unbranched alkanes of at least 4 members (excludes halogenated alkanes) is 5. The molecule has 6 N–H and O–H groups in total. The summed E-state index contributed by atoms with van der Waals surface area (Å²) in [7, 11) is -18.6. The van der Waals surface area contributed by atoms with Crippen molar-refractivity contribution in [1.29, 1.82) is 0 Å². The molecule has 0 spiro atoms. The van der Waals surface area contributed by atoms with E-state index < -0.39 is 84.5 Å². The Kier molecular flexibility index (Phi) is 22.1. The second-order valence-electron chi connectivity index (χ2n) is 20.2. The van der Waals surface area contributed by atoms with E-state index in [-0.39, 0.29) is 74.0 Å². The number of hydrogen-bond acceptors (Lipinski definition) is 15. The number of esters is 1. The zero-order valence-electron chi connectivity index (χ0n) is 44.2. The SMILES string of the molecule is C=C/C(=C\C1=C(NCCS(=O)(=O)O)N/C(=C/C=C/C=C/C(=C\CCCCCS(=O)(=O)O)C(C)(CCCCCC(=O)OCCC2CC(=O)CCC2=O)c2c(C)ccc3c(S(=O)(=O)O)cc(S(=O)(=O)O)cc23)C1(C)C)c1cccs1. The summed E-state index contributed by atoms with van der Waals surface area (Å²) >= 11 is 1.53. The van der Waals surface area contributed by atoms with Crippen LogP contribution in [-0.4, -0.2) is 94.1 Å². The zero-order valence-corrected chi connectivity index (χ0v) is 48.3. The molecule has 0 radical (unpaired) electrons. The van der Waals surface area contributed by atoms with Crippen LogP contribution in [0.15, 0.2) is 129 Å². The first kappa shape index (κ1) is 63.5. The van der Waals surface area contributed by atoms with E-state index in [1.165, 1.54) is 17.4 Å². The Bertz CT molecular complexity index is 3390. The third-order valence-corrected chi connectivity index (χ3v) is 18.2. The van der Waals surface area contributed by atoms with E-state index in [0.717, 1.165) is 27.8 Å². The van der Waals surface area contributed by atoms with Crippen LogP contribution >= 0.6 is 11.3 Å². The number of fused-ring (bicyclic) bond motifs is 1. The number of ether oxygens (including phenoxy) is 1. The van der Waals surface area contributed by atoms with Gasteiger partial charge in [-0.25, -0.2) is 0 Å². The molecule has 1 fully saturated rings. The number of carbonyl (C=O) groups is 3. The highest BCUT2D eigenvalue weighted by molar-refractivity contribution is 7.87. The van der Waals surface area contributed by atoms with Gasteiger partial charge in [0.2, 0.25) is 0 Å². The van der Waals surface area contributed by atoms with Crippen molar-refractivity contribution in [1.82, 2.24) is 10.6 Å². The van der Waals surface area contributed by atoms with Gasteiger partial charge in [-0.1, -0.05) is 101 Å². The lowest BCUT2D eigenvalue weighted by Gasteiger charge is -2.35. The Morgan fingerprint density at radius 1 is 0.885 bits per heavy atom. The molecule has 5 rings (SSSR count). The predicted octanol–water partition coefficient (Wildman–Crippen LogP) is 9.74. The molecule has 23 heteroatoms. The molecule has 2 atom stereocenters. The molecule has 2 aromatic carbocycles. The van der Waals surface area contributed by atoms with Gasteiger partial charge in [-0.2, -0.15) is 33.7 Å². The van der Waals surface area contributed by atoms with Gasteiger partial charge in [0.15, 0.2) is 0 Å². The largest absolute Gasteiger partial charge is 0.466 e. The summed E-state index contributed by atoms with van der Waals surface area (Å²) < 4.78 is 143. The first-order chi connectivity index (χ1) is 36.4. The van der Waals surface area contributed by atoms with Crippen molar-refractivity contribution in [2.75, 3.05) is 24.7 Å². The van der Waals surface area contributed by atoms with Gasteiger partial charge in [-0.05, 0) is 109 Å². The highest BCUT2D eigenvalue weighted by Gasteiger charge is 2.37. The number of hydrogen-bond donors (Lipinski definition) is 6. The Morgan fingerprint density at radius 2 is 1.60 bits per heavy atom. The third kappa shape index (κ3) is 18.1. The first-order valence-corrected chi connectivity index (χ1v) is 32.5. The summed E-state index contributed by atoms with van der Waals surface area (Å²) in [6.45, 7) is 11.5. The molecule has 426 valence electrons. The predicted molar refractivity (Wildman–Crippen MR) is 302 cm³/mol. The van der Waals surface area contributed by atoms with Crippen molar-refractivity contribution < 1.29 is 71.0 Å². The summed E-state index contributed by atoms with van der Waals surface area (Å²) in [6.07, 6.45) is 18.6. The second-order valence-corrected chi connectivity index (χ2v) is 27.1. The average molecular weight is 1180 g/mol. The number of nitrogens with one attached hydrogen (secondary N) is 2. The van der Waals surface area contributed by atoms with Crippen molar-refractivity contribution in [3.8, 4) is 0 Å². The summed E-state index contributed by atoms with van der Waals surface area (Å²) in [5, 5.41) is 8.53. The van der Waals surface area contributed by atoms with Crippen LogP contribution in [0.25, 0.3) is 16.3 Å². The normalized spacial score (nSPS) is 18.3. The van der Waals surface area contributed by atoms with Crippen molar-refractivity contribution in [3.63, 3.8) is 0 Å². The monoisotopic (exact) mass is 1170 g/mol. The van der Waals surface area contributed by atoms with E-state index in [4.69, 9.17) is 4.74 Å². The molecule has 1 saturated carbocycles. The number of allylic oxidation sites excluding steroid dienone is 11. The smallest absolute Gasteiger partial charge is 0.305 e. The van der Waals surface area contributed by atoms with Crippen molar-refractivity contribution in [2.45, 2.75) is 126 Å². The van der Waals surface area contributed by atoms with Crippen LogP contribution in [0.5, 0.6) is 0 Å². The van der Waals surface area contributed by atoms with E-state index >= 15 is 0 Å². The summed E-state index contributed by atoms with van der Waals surface area (Å²) in [5.41, 5.74) is 2.28. The van der Waals surface area contributed by atoms with Gasteiger partial charge in [0.05, 0.1) is 23.0 Å². The number of benzene rings is 2. The molecule has 78 heavy (non-hydrogen) atoms. The fraction of sp³-hybridized carbons (Fsp3) is 0.436. The lowest BCUT2D eigenvalue weighted by Crippen LogP contribution is -2.28. The molecule has 0 bridgehead atoms. The number of ketones is 2. The molecular weight excluding hydrogens is 1100 g/mol. The molecule has 2 unspecified atom stereocenters. The zero-order chi connectivity index (χ0) is 57.7. The number of rotatable bonds is 29. The minimum absolute atomic E-state index is 0.00514. The molecule has 1 aromatic heterocycles. The summed E-state index contributed by atoms with van der Waals surface area (Å²) in [5.74, 6) is -1.41. The molecule has 1 aliphatic carbocycles. The van der Waals surface area contributed by atoms with Crippen molar-refractivity contribution in [3.05, 3.63) is 136 Å². The quantitative estimate of drug-likeness (QED) is 0.0163. The van der Waals surface area contributed by atoms with E-state index in [9.17, 15) is 66.3 Å². The van der Waals surface area contributed by atoms with Gasteiger partial charge in [-0.3, -0.25) is 32.6 Å². The lowest BCUT2D eigenvalue weighted by molar-refractivity contribution is -0.145. The topological polar surface area (TPSA) is 302 Å². The fourth-order valence-corrected chi connectivity index (χ4v) is 12.8. The van der Waals surface area contributed by atoms with Gasteiger partial charge >= 0.3 is 5.97 Å². The first-order valence-electron chi connectivity index (χ1n) is 25.5. The van der Waals surface area contributed by atoms with Gasteiger partial charge < -0.3 is 15.4 Å². The highest BCUT2D eigenvalue weighted by atomic mass is 32.2. The van der Waals surface area contributed by atoms with E-state index in [1.54, 1.807) is 37.3 Å². The van der Waals surface area contributed by atoms with Crippen LogP contribution in [0, 0.1) is 18.3 Å². The number of thiophene rings is 1. The number of carbonyl (C=O) groups excluding carboxylic acids is 3. The maximum atomic E-state index is 12.9. The average Bonchev–Trinajstić information content (AvgIpc) is 4.08. The molecule has 1 aliphatic heterocycles. The number of aryl methyl sites for hydroxylation is 1. The fourth-order valence-electron chi connectivity index (χ4n) is 9.83. The standard InChI is InChI=1S/C55H70N2O16S5/c1-6-39(48-20-17-31-74-48)35-46-53(56-29-33-76(64,65)66)57-50(54(46,3)4)21-13-9-12-19-41(18-11-7-8-16-32-75(61,62)63)55(5,28-15-10-14-22-51(60)73-30-27-40-34-42(58)24-26-47(40)59)52-38(2)23-25-44-45(52)36-43(77(67,68)69)37-49(44)78(70,71)72/h6,9,12-13,17-21,23,25,31,35-37,40,56-57H,1,7-8,10-11,14-16,22,24,26-30,32-34H2,2-5H3,(H,61,62,63)(H,64,65,66)(H,67,68,69)(H,70,71,72)/b13-9+,19-12+,39-35+,41-18+,50-21+. The molecule has 0 saturated heterocycles. The van der Waals surface area contributed by atoms with E-state index in [0.29, 0.717) is 73.5 Å². The number of Topliss-reactive ketones (excluding diaryl/α,β-unsaturated/α-hetero) is 2. The Balaban J connectivity index is 1.55. The summed E-state index contributed by atoms with van der Waals surface area (Å²) in [4.78, 5) is 36.5. The molecule has 3 aromatic rings. The highest BCUT2D eigenvalue weighted by Crippen LogP contribution is 2.46. The second kappa shape index (κ2) is 27.2. The van der Waals surface area contributed by atoms with Crippen LogP contribution in [0.2, 0.25) is 0 Å². The van der Waals surface area contributed by atoms with Crippen LogP contribution in [0.3, 0.4) is 0 Å². The molecule has 2 heterocycles. The minimum atomic E-state index is -5.07. The van der Waals surface area contributed by atoms with E-state index in [1.807, 2.05) is 62.6 Å². The van der Waals surface area contributed by atoms with Gasteiger partial charge in [0.1, 0.15) is 22.3 Å². The van der Waals surface area contributed by atoms with Crippen LogP contribution in [-0.2, 0) is 65.0 Å². The Labute approximate surface area is 462 Å². The third-order valence-electron chi connectivity index (χ3n) is 14.0. The van der Waals surface area contributed by atoms with E-state index in [2.05, 4.69) is 17.2 Å².